The van der Waals surface area contributed by atoms with Crippen molar-refractivity contribution in [1.82, 2.24) is 25.1 Å². The summed E-state index contributed by atoms with van der Waals surface area (Å²) in [6.45, 7) is 8.82. The van der Waals surface area contributed by atoms with E-state index in [0.717, 1.165) is 13.1 Å². The summed E-state index contributed by atoms with van der Waals surface area (Å²) in [6, 6.07) is 1.79. The number of nitrogens with zero attached hydrogens (tertiary/aromatic N) is 6. The van der Waals surface area contributed by atoms with E-state index in [2.05, 4.69) is 25.1 Å². The number of carbonyl (C=O) groups is 1. The number of anilines is 1. The average Bonchev–Trinajstić information content (AvgIpc) is 3.10. The second-order valence-corrected chi connectivity index (χ2v) is 7.76. The molecule has 0 bridgehead atoms. The molecule has 3 heterocycles. The van der Waals surface area contributed by atoms with Crippen LogP contribution in [-0.4, -0.2) is 62.9 Å². The Labute approximate surface area is 151 Å². The topological polar surface area (TPSA) is 88.3 Å². The standard InChI is InChI=1S/C16H22N6O2S/c1-16(2,3)13-19-20-15(24-13)25-11-12(23)21-7-9-22(10-8-21)14-17-5-4-6-18-14/h4-6H,7-11H2,1-3H3. The van der Waals surface area contributed by atoms with Crippen LogP contribution in [0.5, 0.6) is 0 Å². The zero-order valence-corrected chi connectivity index (χ0v) is 15.5. The third-order valence-electron chi connectivity index (χ3n) is 3.83. The van der Waals surface area contributed by atoms with Gasteiger partial charge in [0.15, 0.2) is 0 Å². The molecule has 1 amide bonds. The van der Waals surface area contributed by atoms with E-state index in [0.29, 0.717) is 35.9 Å². The van der Waals surface area contributed by atoms with Gasteiger partial charge >= 0.3 is 0 Å². The third kappa shape index (κ3) is 4.47. The second kappa shape index (κ2) is 7.38. The number of aromatic nitrogens is 4. The number of thioether (sulfide) groups is 1. The minimum Gasteiger partial charge on any atom is -0.415 e. The van der Waals surface area contributed by atoms with Gasteiger partial charge in [-0.2, -0.15) is 0 Å². The normalized spacial score (nSPS) is 15.5. The predicted molar refractivity (Wildman–Crippen MR) is 94.5 cm³/mol. The van der Waals surface area contributed by atoms with Crippen LogP contribution < -0.4 is 4.90 Å². The Kier molecular flexibility index (Phi) is 5.22. The van der Waals surface area contributed by atoms with Crippen molar-refractivity contribution in [1.29, 1.82) is 0 Å². The van der Waals surface area contributed by atoms with Crippen molar-refractivity contribution in [3.8, 4) is 0 Å². The Morgan fingerprint density at radius 2 is 1.84 bits per heavy atom. The van der Waals surface area contributed by atoms with Gasteiger partial charge < -0.3 is 14.2 Å². The zero-order valence-electron chi connectivity index (χ0n) is 14.7. The highest BCUT2D eigenvalue weighted by atomic mass is 32.2. The van der Waals surface area contributed by atoms with Gasteiger partial charge in [0.25, 0.3) is 5.22 Å². The molecular formula is C16H22N6O2S. The summed E-state index contributed by atoms with van der Waals surface area (Å²) in [5, 5.41) is 8.48. The van der Waals surface area contributed by atoms with E-state index in [-0.39, 0.29) is 11.3 Å². The lowest BCUT2D eigenvalue weighted by molar-refractivity contribution is -0.128. The highest BCUT2D eigenvalue weighted by molar-refractivity contribution is 7.99. The van der Waals surface area contributed by atoms with E-state index in [1.165, 1.54) is 11.8 Å². The molecule has 1 aliphatic heterocycles. The van der Waals surface area contributed by atoms with E-state index < -0.39 is 0 Å². The summed E-state index contributed by atoms with van der Waals surface area (Å²) in [6.07, 6.45) is 3.46. The Bertz CT molecular complexity index is 707. The summed E-state index contributed by atoms with van der Waals surface area (Å²) in [4.78, 5) is 24.8. The molecule has 0 atom stereocenters. The highest BCUT2D eigenvalue weighted by Gasteiger charge is 2.24. The molecule has 1 fully saturated rings. The Hall–Kier alpha value is -2.16. The van der Waals surface area contributed by atoms with E-state index in [4.69, 9.17) is 4.42 Å². The molecule has 1 aliphatic rings. The first kappa shape index (κ1) is 17.7. The lowest BCUT2D eigenvalue weighted by Crippen LogP contribution is -2.49. The van der Waals surface area contributed by atoms with Gasteiger partial charge in [-0.3, -0.25) is 4.79 Å². The number of piperazine rings is 1. The molecular weight excluding hydrogens is 340 g/mol. The fraction of sp³-hybridized carbons (Fsp3) is 0.562. The lowest BCUT2D eigenvalue weighted by atomic mass is 9.97. The monoisotopic (exact) mass is 362 g/mol. The molecule has 0 N–H and O–H groups in total. The number of hydrogen-bond acceptors (Lipinski definition) is 8. The molecule has 8 nitrogen and oxygen atoms in total. The van der Waals surface area contributed by atoms with Crippen molar-refractivity contribution >= 4 is 23.6 Å². The molecule has 0 spiro atoms. The van der Waals surface area contributed by atoms with Crippen molar-refractivity contribution in [2.75, 3.05) is 36.8 Å². The Morgan fingerprint density at radius 1 is 1.16 bits per heavy atom. The van der Waals surface area contributed by atoms with Gasteiger partial charge in [-0.05, 0) is 6.07 Å². The van der Waals surface area contributed by atoms with Gasteiger partial charge in [-0.1, -0.05) is 32.5 Å². The van der Waals surface area contributed by atoms with Crippen molar-refractivity contribution in [3.63, 3.8) is 0 Å². The van der Waals surface area contributed by atoms with Crippen LogP contribution >= 0.6 is 11.8 Å². The van der Waals surface area contributed by atoms with Gasteiger partial charge in [0.2, 0.25) is 17.7 Å². The van der Waals surface area contributed by atoms with Crippen molar-refractivity contribution in [3.05, 3.63) is 24.4 Å². The van der Waals surface area contributed by atoms with E-state index in [1.54, 1.807) is 18.5 Å². The first-order chi connectivity index (χ1) is 11.9. The van der Waals surface area contributed by atoms with E-state index >= 15 is 0 Å². The number of amides is 1. The summed E-state index contributed by atoms with van der Waals surface area (Å²) >= 11 is 1.29. The van der Waals surface area contributed by atoms with Crippen LogP contribution in [0.3, 0.4) is 0 Å². The fourth-order valence-corrected chi connectivity index (χ4v) is 3.06. The minimum atomic E-state index is -0.189. The summed E-state index contributed by atoms with van der Waals surface area (Å²) in [7, 11) is 0. The number of hydrogen-bond donors (Lipinski definition) is 0. The first-order valence-electron chi connectivity index (χ1n) is 8.20. The molecule has 25 heavy (non-hydrogen) atoms. The van der Waals surface area contributed by atoms with Gasteiger partial charge in [0.05, 0.1) is 5.75 Å². The minimum absolute atomic E-state index is 0.0779. The van der Waals surface area contributed by atoms with Gasteiger partial charge in [0.1, 0.15) is 0 Å². The molecule has 0 radical (unpaired) electrons. The van der Waals surface area contributed by atoms with Crippen LogP contribution in [0, 0.1) is 0 Å². The molecule has 2 aromatic heterocycles. The van der Waals surface area contributed by atoms with Crippen LogP contribution in [0.25, 0.3) is 0 Å². The van der Waals surface area contributed by atoms with Crippen molar-refractivity contribution in [2.24, 2.45) is 0 Å². The largest absolute Gasteiger partial charge is 0.415 e. The number of rotatable bonds is 4. The van der Waals surface area contributed by atoms with Crippen LogP contribution in [-0.2, 0) is 10.2 Å². The maximum Gasteiger partial charge on any atom is 0.277 e. The van der Waals surface area contributed by atoms with Crippen LogP contribution in [0.15, 0.2) is 28.1 Å². The molecule has 3 rings (SSSR count). The van der Waals surface area contributed by atoms with Gasteiger partial charge in [-0.25, -0.2) is 9.97 Å². The molecule has 9 heteroatoms. The number of carbonyl (C=O) groups excluding carboxylic acids is 1. The average molecular weight is 362 g/mol. The first-order valence-corrected chi connectivity index (χ1v) is 9.18. The highest BCUT2D eigenvalue weighted by Crippen LogP contribution is 2.24. The second-order valence-electron chi connectivity index (χ2n) is 6.83. The maximum atomic E-state index is 12.4. The molecule has 1 saturated heterocycles. The van der Waals surface area contributed by atoms with Crippen LogP contribution in [0.4, 0.5) is 5.95 Å². The Balaban J connectivity index is 1.47. The molecule has 2 aromatic rings. The van der Waals surface area contributed by atoms with Crippen LogP contribution in [0.2, 0.25) is 0 Å². The molecule has 0 unspecified atom stereocenters. The summed E-state index contributed by atoms with van der Waals surface area (Å²) in [5.74, 6) is 1.67. The molecule has 0 saturated carbocycles. The fourth-order valence-electron chi connectivity index (χ4n) is 2.40. The van der Waals surface area contributed by atoms with Gasteiger partial charge in [-0.15, -0.1) is 10.2 Å². The van der Waals surface area contributed by atoms with Crippen LogP contribution in [0.1, 0.15) is 26.7 Å². The van der Waals surface area contributed by atoms with E-state index in [9.17, 15) is 4.79 Å². The van der Waals surface area contributed by atoms with Crippen molar-refractivity contribution < 1.29 is 9.21 Å². The summed E-state index contributed by atoms with van der Waals surface area (Å²) in [5.41, 5.74) is -0.189. The SMILES string of the molecule is CC(C)(C)c1nnc(SCC(=O)N2CCN(c3ncccn3)CC2)o1. The lowest BCUT2D eigenvalue weighted by Gasteiger charge is -2.34. The Morgan fingerprint density at radius 3 is 2.44 bits per heavy atom. The van der Waals surface area contributed by atoms with E-state index in [1.807, 2.05) is 25.7 Å². The predicted octanol–water partition coefficient (Wildman–Crippen LogP) is 1.60. The van der Waals surface area contributed by atoms with Gasteiger partial charge in [0, 0.05) is 44.0 Å². The molecule has 134 valence electrons. The summed E-state index contributed by atoms with van der Waals surface area (Å²) < 4.78 is 5.61. The molecule has 0 aromatic carbocycles. The third-order valence-corrected chi connectivity index (χ3v) is 4.64. The quantitative estimate of drug-likeness (QED) is 0.758. The maximum absolute atomic E-state index is 12.4. The van der Waals surface area contributed by atoms with Crippen molar-refractivity contribution in [2.45, 2.75) is 31.4 Å². The molecule has 0 aliphatic carbocycles. The smallest absolute Gasteiger partial charge is 0.277 e. The zero-order chi connectivity index (χ0) is 17.9.